The van der Waals surface area contributed by atoms with Gasteiger partial charge in [0.15, 0.2) is 0 Å². The quantitative estimate of drug-likeness (QED) is 0.409. The van der Waals surface area contributed by atoms with Gasteiger partial charge >= 0.3 is 0 Å². The molecule has 0 radical (unpaired) electrons. The molecular weight excluding hydrogens is 240 g/mol. The smallest absolute Gasteiger partial charge is 0.127 e. The SMILES string of the molecule is CCCCCCC(NN)c1c(OC)cccc1OC. The fraction of sp³-hybridized carbons (Fsp3) is 0.600. The van der Waals surface area contributed by atoms with Crippen molar-refractivity contribution in [3.05, 3.63) is 23.8 Å². The lowest BCUT2D eigenvalue weighted by atomic mass is 9.98. The van der Waals surface area contributed by atoms with Gasteiger partial charge in [-0.05, 0) is 18.6 Å². The van der Waals surface area contributed by atoms with Gasteiger partial charge in [-0.15, -0.1) is 0 Å². The molecule has 1 aromatic carbocycles. The van der Waals surface area contributed by atoms with Gasteiger partial charge in [-0.3, -0.25) is 11.3 Å². The average molecular weight is 266 g/mol. The Morgan fingerprint density at radius 2 is 1.74 bits per heavy atom. The van der Waals surface area contributed by atoms with E-state index in [1.807, 2.05) is 18.2 Å². The number of methoxy groups -OCH3 is 2. The van der Waals surface area contributed by atoms with Crippen LogP contribution in [0.15, 0.2) is 18.2 Å². The van der Waals surface area contributed by atoms with E-state index in [-0.39, 0.29) is 6.04 Å². The molecule has 0 aliphatic rings. The molecule has 19 heavy (non-hydrogen) atoms. The summed E-state index contributed by atoms with van der Waals surface area (Å²) in [6, 6.07) is 5.86. The van der Waals surface area contributed by atoms with Gasteiger partial charge in [-0.2, -0.15) is 0 Å². The molecule has 0 bridgehead atoms. The maximum atomic E-state index is 5.71. The Labute approximate surface area is 116 Å². The number of hydrogen-bond donors (Lipinski definition) is 2. The van der Waals surface area contributed by atoms with Gasteiger partial charge in [0.05, 0.1) is 25.8 Å². The van der Waals surface area contributed by atoms with E-state index in [9.17, 15) is 0 Å². The first-order valence-corrected chi connectivity index (χ1v) is 6.95. The van der Waals surface area contributed by atoms with Crippen LogP contribution in [0.25, 0.3) is 0 Å². The van der Waals surface area contributed by atoms with E-state index >= 15 is 0 Å². The molecule has 0 saturated heterocycles. The molecule has 0 spiro atoms. The molecule has 0 aromatic heterocycles. The van der Waals surface area contributed by atoms with Gasteiger partial charge in [0.1, 0.15) is 11.5 Å². The highest BCUT2D eigenvalue weighted by atomic mass is 16.5. The zero-order valence-electron chi connectivity index (χ0n) is 12.2. The van der Waals surface area contributed by atoms with Crippen LogP contribution in [0.5, 0.6) is 11.5 Å². The van der Waals surface area contributed by atoms with Crippen molar-refractivity contribution >= 4 is 0 Å². The first-order chi connectivity index (χ1) is 9.28. The molecule has 1 aromatic rings. The number of nitrogens with one attached hydrogen (secondary N) is 1. The Balaban J connectivity index is 2.83. The maximum Gasteiger partial charge on any atom is 0.127 e. The van der Waals surface area contributed by atoms with E-state index in [1.54, 1.807) is 14.2 Å². The van der Waals surface area contributed by atoms with Crippen molar-refractivity contribution in [3.63, 3.8) is 0 Å². The number of hydrogen-bond acceptors (Lipinski definition) is 4. The molecule has 1 atom stereocenters. The van der Waals surface area contributed by atoms with Crippen LogP contribution in [0.3, 0.4) is 0 Å². The maximum absolute atomic E-state index is 5.71. The van der Waals surface area contributed by atoms with Crippen molar-refractivity contribution in [1.82, 2.24) is 5.43 Å². The molecule has 4 nitrogen and oxygen atoms in total. The van der Waals surface area contributed by atoms with Crippen LogP contribution in [0.1, 0.15) is 50.6 Å². The van der Waals surface area contributed by atoms with Crippen LogP contribution in [0.2, 0.25) is 0 Å². The first-order valence-electron chi connectivity index (χ1n) is 6.95. The monoisotopic (exact) mass is 266 g/mol. The number of benzene rings is 1. The van der Waals surface area contributed by atoms with Crippen molar-refractivity contribution in [1.29, 1.82) is 0 Å². The first kappa shape index (κ1) is 15.8. The average Bonchev–Trinajstić information content (AvgIpc) is 2.47. The summed E-state index contributed by atoms with van der Waals surface area (Å²) in [6.45, 7) is 2.21. The summed E-state index contributed by atoms with van der Waals surface area (Å²) in [5.74, 6) is 7.34. The molecule has 0 amide bonds. The molecule has 0 aliphatic heterocycles. The van der Waals surface area contributed by atoms with Crippen LogP contribution in [0.4, 0.5) is 0 Å². The van der Waals surface area contributed by atoms with Gasteiger partial charge in [-0.1, -0.05) is 38.7 Å². The minimum absolute atomic E-state index is 0.0583. The summed E-state index contributed by atoms with van der Waals surface area (Å²) in [5.41, 5.74) is 3.89. The predicted molar refractivity (Wildman–Crippen MR) is 78.4 cm³/mol. The van der Waals surface area contributed by atoms with Crippen molar-refractivity contribution in [2.45, 2.75) is 45.1 Å². The predicted octanol–water partition coefficient (Wildman–Crippen LogP) is 3.18. The fourth-order valence-corrected chi connectivity index (χ4v) is 2.31. The third-order valence-electron chi connectivity index (χ3n) is 3.36. The lowest BCUT2D eigenvalue weighted by molar-refractivity contribution is 0.364. The number of ether oxygens (including phenoxy) is 2. The molecular formula is C15H26N2O2. The summed E-state index contributed by atoms with van der Waals surface area (Å²) in [6.07, 6.45) is 5.85. The van der Waals surface area contributed by atoms with E-state index in [0.29, 0.717) is 0 Å². The summed E-state index contributed by atoms with van der Waals surface area (Å²) in [7, 11) is 3.34. The Morgan fingerprint density at radius 1 is 1.11 bits per heavy atom. The van der Waals surface area contributed by atoms with Gasteiger partial charge in [0, 0.05) is 0 Å². The highest BCUT2D eigenvalue weighted by Crippen LogP contribution is 2.35. The van der Waals surface area contributed by atoms with Gasteiger partial charge in [-0.25, -0.2) is 0 Å². The molecule has 0 heterocycles. The van der Waals surface area contributed by atoms with Crippen molar-refractivity contribution in [2.75, 3.05) is 14.2 Å². The number of rotatable bonds is 9. The fourth-order valence-electron chi connectivity index (χ4n) is 2.31. The number of nitrogens with two attached hydrogens (primary N) is 1. The summed E-state index contributed by atoms with van der Waals surface area (Å²) >= 11 is 0. The normalized spacial score (nSPS) is 12.2. The minimum atomic E-state index is 0.0583. The Bertz CT molecular complexity index is 347. The van der Waals surface area contributed by atoms with Crippen molar-refractivity contribution < 1.29 is 9.47 Å². The minimum Gasteiger partial charge on any atom is -0.496 e. The molecule has 1 unspecified atom stereocenters. The number of unbranched alkanes of at least 4 members (excludes halogenated alkanes) is 3. The van der Waals surface area contributed by atoms with E-state index < -0.39 is 0 Å². The lowest BCUT2D eigenvalue weighted by Gasteiger charge is -2.21. The van der Waals surface area contributed by atoms with Crippen molar-refractivity contribution in [2.24, 2.45) is 5.84 Å². The van der Waals surface area contributed by atoms with Gasteiger partial charge in [0.2, 0.25) is 0 Å². The Morgan fingerprint density at radius 3 is 2.21 bits per heavy atom. The van der Waals surface area contributed by atoms with Crippen LogP contribution >= 0.6 is 0 Å². The Kier molecular flexibility index (Phi) is 7.30. The second kappa shape index (κ2) is 8.77. The van der Waals surface area contributed by atoms with Crippen LogP contribution in [0, 0.1) is 0 Å². The molecule has 0 fully saturated rings. The van der Waals surface area contributed by atoms with Crippen LogP contribution in [-0.4, -0.2) is 14.2 Å². The van der Waals surface area contributed by atoms with Crippen LogP contribution < -0.4 is 20.7 Å². The third kappa shape index (κ3) is 4.40. The zero-order chi connectivity index (χ0) is 14.1. The summed E-state index contributed by atoms with van der Waals surface area (Å²) in [4.78, 5) is 0. The topological polar surface area (TPSA) is 56.5 Å². The largest absolute Gasteiger partial charge is 0.496 e. The molecule has 3 N–H and O–H groups in total. The van der Waals surface area contributed by atoms with Gasteiger partial charge < -0.3 is 9.47 Å². The van der Waals surface area contributed by atoms with E-state index in [0.717, 1.165) is 29.9 Å². The Hall–Kier alpha value is -1.26. The molecule has 0 saturated carbocycles. The van der Waals surface area contributed by atoms with Crippen molar-refractivity contribution in [3.8, 4) is 11.5 Å². The highest BCUT2D eigenvalue weighted by Gasteiger charge is 2.19. The molecule has 1 rings (SSSR count). The molecule has 4 heteroatoms. The zero-order valence-corrected chi connectivity index (χ0v) is 12.2. The number of hydrazine groups is 1. The summed E-state index contributed by atoms with van der Waals surface area (Å²) < 4.78 is 10.8. The van der Waals surface area contributed by atoms with E-state index in [4.69, 9.17) is 15.3 Å². The lowest BCUT2D eigenvalue weighted by Crippen LogP contribution is -2.28. The standard InChI is InChI=1S/C15H26N2O2/c1-4-5-6-7-9-12(17-16)15-13(18-2)10-8-11-14(15)19-3/h8,10-12,17H,4-7,9,16H2,1-3H3. The van der Waals surface area contributed by atoms with Gasteiger partial charge in [0.25, 0.3) is 0 Å². The van der Waals surface area contributed by atoms with Crippen LogP contribution in [-0.2, 0) is 0 Å². The highest BCUT2D eigenvalue weighted by molar-refractivity contribution is 5.46. The molecule has 108 valence electrons. The van der Waals surface area contributed by atoms with E-state index in [2.05, 4.69) is 12.3 Å². The summed E-state index contributed by atoms with van der Waals surface area (Å²) in [5, 5.41) is 0. The van der Waals surface area contributed by atoms with E-state index in [1.165, 1.54) is 19.3 Å². The second-order valence-electron chi connectivity index (χ2n) is 4.64. The molecule has 0 aliphatic carbocycles. The third-order valence-corrected chi connectivity index (χ3v) is 3.36. The second-order valence-corrected chi connectivity index (χ2v) is 4.64.